The first-order valence-corrected chi connectivity index (χ1v) is 6.47. The van der Waals surface area contributed by atoms with Gasteiger partial charge in [-0.3, -0.25) is 9.59 Å². The summed E-state index contributed by atoms with van der Waals surface area (Å²) < 4.78 is 0. The van der Waals surface area contributed by atoms with Crippen LogP contribution in [0.3, 0.4) is 0 Å². The quantitative estimate of drug-likeness (QED) is 0.660. The first-order chi connectivity index (χ1) is 9.61. The van der Waals surface area contributed by atoms with Gasteiger partial charge in [0, 0.05) is 24.0 Å². The van der Waals surface area contributed by atoms with Crippen molar-refractivity contribution in [3.8, 4) is 0 Å². The molecule has 1 aliphatic rings. The van der Waals surface area contributed by atoms with E-state index in [-0.39, 0.29) is 12.5 Å². The van der Waals surface area contributed by atoms with Crippen molar-refractivity contribution in [2.75, 3.05) is 18.0 Å². The van der Waals surface area contributed by atoms with E-state index in [1.165, 1.54) is 17.7 Å². The van der Waals surface area contributed by atoms with E-state index >= 15 is 0 Å². The molecule has 1 heterocycles. The number of benzene rings is 1. The highest BCUT2D eigenvalue weighted by molar-refractivity contribution is 6.08. The van der Waals surface area contributed by atoms with Gasteiger partial charge < -0.3 is 10.6 Å². The average Bonchev–Trinajstić information content (AvgIpc) is 2.88. The summed E-state index contributed by atoms with van der Waals surface area (Å²) in [7, 11) is 0. The van der Waals surface area contributed by atoms with Crippen LogP contribution < -0.4 is 10.6 Å². The summed E-state index contributed by atoms with van der Waals surface area (Å²) in [4.78, 5) is 28.6. The van der Waals surface area contributed by atoms with E-state index in [0.29, 0.717) is 12.3 Å². The van der Waals surface area contributed by atoms with E-state index in [0.717, 1.165) is 12.1 Å². The number of anilines is 1. The molecule has 1 aromatic rings. The summed E-state index contributed by atoms with van der Waals surface area (Å²) >= 11 is 0. The number of para-hydroxylation sites is 1. The Bertz CT molecular complexity index is 591. The Balaban J connectivity index is 2.07. The van der Waals surface area contributed by atoms with E-state index in [2.05, 4.69) is 4.99 Å². The molecule has 0 radical (unpaired) electrons. The van der Waals surface area contributed by atoms with E-state index in [1.807, 2.05) is 24.3 Å². The van der Waals surface area contributed by atoms with Crippen molar-refractivity contribution >= 4 is 23.2 Å². The minimum absolute atomic E-state index is 0.107. The lowest BCUT2D eigenvalue weighted by Gasteiger charge is -2.14. The number of allylic oxidation sites excluding steroid dienone is 1. The second-order valence-electron chi connectivity index (χ2n) is 4.55. The van der Waals surface area contributed by atoms with Crippen molar-refractivity contribution in [2.24, 2.45) is 10.7 Å². The molecule has 1 aliphatic heterocycles. The predicted molar refractivity (Wildman–Crippen MR) is 78.8 cm³/mol. The largest absolute Gasteiger partial charge is 0.322 e. The molecule has 0 fully saturated rings. The summed E-state index contributed by atoms with van der Waals surface area (Å²) in [5, 5.41) is 0. The molecule has 0 aromatic heterocycles. The van der Waals surface area contributed by atoms with E-state index in [4.69, 9.17) is 5.73 Å². The van der Waals surface area contributed by atoms with Crippen molar-refractivity contribution in [2.45, 2.75) is 13.3 Å². The summed E-state index contributed by atoms with van der Waals surface area (Å²) in [6, 6.07) is 7.85. The second kappa shape index (κ2) is 6.25. The van der Waals surface area contributed by atoms with Gasteiger partial charge in [-0.05, 0) is 31.1 Å². The van der Waals surface area contributed by atoms with E-state index in [1.54, 1.807) is 11.8 Å². The highest BCUT2D eigenvalue weighted by Crippen LogP contribution is 2.27. The molecule has 0 aliphatic carbocycles. The standard InChI is InChI=1S/C15H17N3O2/c1-11(17-14(19)10-16)6-7-15(20)18-9-8-12-4-2-3-5-13(12)18/h2-7H,8-10,16H2,1H3/b7-6+,17-11?. The first kappa shape index (κ1) is 14.1. The Hall–Kier alpha value is -2.27. The number of hydrogen-bond acceptors (Lipinski definition) is 3. The lowest BCUT2D eigenvalue weighted by molar-refractivity contribution is -0.116. The van der Waals surface area contributed by atoms with Crippen molar-refractivity contribution in [3.05, 3.63) is 42.0 Å². The van der Waals surface area contributed by atoms with Crippen LogP contribution in [0.1, 0.15) is 12.5 Å². The summed E-state index contributed by atoms with van der Waals surface area (Å²) in [5.74, 6) is -0.504. The van der Waals surface area contributed by atoms with Gasteiger partial charge in [0.2, 0.25) is 0 Å². The Morgan fingerprint density at radius 2 is 2.10 bits per heavy atom. The van der Waals surface area contributed by atoms with Crippen molar-refractivity contribution < 1.29 is 9.59 Å². The topological polar surface area (TPSA) is 75.8 Å². The van der Waals surface area contributed by atoms with Crippen molar-refractivity contribution in [1.82, 2.24) is 0 Å². The van der Waals surface area contributed by atoms with Crippen LogP contribution in [0.25, 0.3) is 0 Å². The van der Waals surface area contributed by atoms with E-state index < -0.39 is 5.91 Å². The molecule has 2 amide bonds. The van der Waals surface area contributed by atoms with Crippen molar-refractivity contribution in [3.63, 3.8) is 0 Å². The highest BCUT2D eigenvalue weighted by atomic mass is 16.2. The summed E-state index contributed by atoms with van der Waals surface area (Å²) in [6.45, 7) is 2.22. The molecule has 2 rings (SSSR count). The third kappa shape index (κ3) is 3.19. The second-order valence-corrected chi connectivity index (χ2v) is 4.55. The minimum atomic E-state index is -0.397. The van der Waals surface area contributed by atoms with Gasteiger partial charge in [0.1, 0.15) is 0 Å². The Kier molecular flexibility index (Phi) is 4.42. The highest BCUT2D eigenvalue weighted by Gasteiger charge is 2.22. The number of amides is 2. The molecule has 2 N–H and O–H groups in total. The lowest BCUT2D eigenvalue weighted by Crippen LogP contribution is -2.27. The zero-order valence-corrected chi connectivity index (χ0v) is 11.4. The molecule has 5 nitrogen and oxygen atoms in total. The molecule has 0 bridgehead atoms. The zero-order valence-electron chi connectivity index (χ0n) is 11.4. The fourth-order valence-electron chi connectivity index (χ4n) is 2.13. The van der Waals surface area contributed by atoms with Crippen LogP contribution in [-0.2, 0) is 16.0 Å². The van der Waals surface area contributed by atoms with E-state index in [9.17, 15) is 9.59 Å². The van der Waals surface area contributed by atoms with Gasteiger partial charge in [0.15, 0.2) is 0 Å². The van der Waals surface area contributed by atoms with Crippen LogP contribution in [0.2, 0.25) is 0 Å². The fourth-order valence-corrected chi connectivity index (χ4v) is 2.13. The molecule has 20 heavy (non-hydrogen) atoms. The molecule has 0 atom stereocenters. The number of rotatable bonds is 3. The van der Waals surface area contributed by atoms with Crippen LogP contribution in [0, 0.1) is 0 Å². The normalized spacial score (nSPS) is 14.7. The van der Waals surface area contributed by atoms with Gasteiger partial charge in [-0.15, -0.1) is 0 Å². The number of carbonyl (C=O) groups is 2. The van der Waals surface area contributed by atoms with Crippen LogP contribution in [0.5, 0.6) is 0 Å². The van der Waals surface area contributed by atoms with Gasteiger partial charge in [0.25, 0.3) is 11.8 Å². The maximum absolute atomic E-state index is 12.1. The number of nitrogens with zero attached hydrogens (tertiary/aromatic N) is 2. The molecule has 0 saturated carbocycles. The molecular weight excluding hydrogens is 254 g/mol. The third-order valence-electron chi connectivity index (χ3n) is 3.10. The molecule has 104 valence electrons. The minimum Gasteiger partial charge on any atom is -0.322 e. The van der Waals surface area contributed by atoms with Gasteiger partial charge >= 0.3 is 0 Å². The lowest BCUT2D eigenvalue weighted by atomic mass is 10.2. The molecule has 0 saturated heterocycles. The molecule has 5 heteroatoms. The van der Waals surface area contributed by atoms with Crippen molar-refractivity contribution in [1.29, 1.82) is 0 Å². The summed E-state index contributed by atoms with van der Waals surface area (Å²) in [6.07, 6.45) is 3.84. The fraction of sp³-hybridized carbons (Fsp3) is 0.267. The number of fused-ring (bicyclic) bond motifs is 1. The van der Waals surface area contributed by atoms with Crippen LogP contribution in [0.15, 0.2) is 41.4 Å². The van der Waals surface area contributed by atoms with Crippen LogP contribution >= 0.6 is 0 Å². The molecule has 0 spiro atoms. The number of carbonyl (C=O) groups excluding carboxylic acids is 2. The molecular formula is C15H17N3O2. The molecule has 0 unspecified atom stereocenters. The smallest absolute Gasteiger partial charge is 0.259 e. The summed E-state index contributed by atoms with van der Waals surface area (Å²) in [5.41, 5.74) is 7.78. The Morgan fingerprint density at radius 1 is 1.35 bits per heavy atom. The van der Waals surface area contributed by atoms with Gasteiger partial charge in [-0.2, -0.15) is 0 Å². The van der Waals surface area contributed by atoms with Gasteiger partial charge in [0.05, 0.1) is 6.54 Å². The number of aliphatic imine (C=N–C) groups is 1. The number of hydrogen-bond donors (Lipinski definition) is 1. The zero-order chi connectivity index (χ0) is 14.5. The maximum atomic E-state index is 12.1. The third-order valence-corrected chi connectivity index (χ3v) is 3.10. The van der Waals surface area contributed by atoms with Crippen LogP contribution in [0.4, 0.5) is 5.69 Å². The maximum Gasteiger partial charge on any atom is 0.259 e. The number of nitrogens with two attached hydrogens (primary N) is 1. The Labute approximate surface area is 117 Å². The monoisotopic (exact) mass is 271 g/mol. The molecule has 1 aromatic carbocycles. The average molecular weight is 271 g/mol. The first-order valence-electron chi connectivity index (χ1n) is 6.47. The predicted octanol–water partition coefficient (Wildman–Crippen LogP) is 1.08. The Morgan fingerprint density at radius 3 is 2.85 bits per heavy atom. The van der Waals surface area contributed by atoms with Gasteiger partial charge in [-0.25, -0.2) is 4.99 Å². The van der Waals surface area contributed by atoms with Crippen LogP contribution in [-0.4, -0.2) is 30.6 Å². The van der Waals surface area contributed by atoms with Gasteiger partial charge in [-0.1, -0.05) is 18.2 Å². The SMILES string of the molecule is CC(/C=C/C(=O)N1CCc2ccccc21)=NC(=O)CN.